The van der Waals surface area contributed by atoms with Gasteiger partial charge in [-0.2, -0.15) is 0 Å². The van der Waals surface area contributed by atoms with Crippen LogP contribution in [0, 0.1) is 5.82 Å². The number of aromatic nitrogens is 1. The van der Waals surface area contributed by atoms with Crippen LogP contribution in [-0.2, 0) is 0 Å². The van der Waals surface area contributed by atoms with Crippen LogP contribution in [0.15, 0.2) is 40.7 Å². The quantitative estimate of drug-likeness (QED) is 0.629. The molecule has 0 spiro atoms. The third-order valence-corrected chi connectivity index (χ3v) is 2.65. The number of benzene rings is 2. The van der Waals surface area contributed by atoms with Crippen LogP contribution >= 0.6 is 15.9 Å². The predicted molar refractivity (Wildman–Crippen MR) is 63.5 cm³/mol. The van der Waals surface area contributed by atoms with Crippen LogP contribution in [0.25, 0.3) is 21.8 Å². The van der Waals surface area contributed by atoms with E-state index in [1.165, 1.54) is 0 Å². The number of para-hydroxylation sites is 1. The van der Waals surface area contributed by atoms with Gasteiger partial charge in [-0.25, -0.2) is 4.39 Å². The van der Waals surface area contributed by atoms with Crippen molar-refractivity contribution in [2.45, 2.75) is 0 Å². The van der Waals surface area contributed by atoms with E-state index >= 15 is 0 Å². The average Bonchev–Trinajstić information content (AvgIpc) is 2.87. The zero-order valence-electron chi connectivity index (χ0n) is 13.3. The highest BCUT2D eigenvalue weighted by molar-refractivity contribution is 9.10. The average molecular weight is 270 g/mol. The molecule has 0 amide bonds. The van der Waals surface area contributed by atoms with E-state index in [-0.39, 0.29) is 44.4 Å². The molecule has 1 N–H and O–H groups in total. The third-order valence-electron chi connectivity index (χ3n) is 2.10. The summed E-state index contributed by atoms with van der Waals surface area (Å²) in [5.41, 5.74) is 0.0539. The van der Waals surface area contributed by atoms with Crippen molar-refractivity contribution in [1.82, 2.24) is 4.98 Å². The molecule has 0 saturated carbocycles. The Morgan fingerprint density at radius 3 is 2.80 bits per heavy atom. The number of halogens is 2. The summed E-state index contributed by atoms with van der Waals surface area (Å²) >= 11 is 2.91. The summed E-state index contributed by atoms with van der Waals surface area (Å²) in [7, 11) is 0. The van der Waals surface area contributed by atoms with Crippen molar-refractivity contribution >= 4 is 37.7 Å². The smallest absolute Gasteiger partial charge is 0.139 e. The molecule has 0 bridgehead atoms. The van der Waals surface area contributed by atoms with Gasteiger partial charge in [-0.15, -0.1) is 0 Å². The van der Waals surface area contributed by atoms with Crippen molar-refractivity contribution in [2.24, 2.45) is 0 Å². The Labute approximate surface area is 102 Å². The first-order chi connectivity index (χ1) is 9.77. The van der Waals surface area contributed by atoms with E-state index < -0.39 is 23.9 Å². The summed E-state index contributed by atoms with van der Waals surface area (Å²) in [6.07, 6.45) is 0. The van der Waals surface area contributed by atoms with E-state index in [0.29, 0.717) is 0 Å². The second-order valence-electron chi connectivity index (χ2n) is 3.00. The van der Waals surface area contributed by atoms with Gasteiger partial charge in [0.25, 0.3) is 0 Å². The molecule has 3 aromatic rings. The molecule has 0 radical (unpaired) electrons. The topological polar surface area (TPSA) is 15.8 Å². The van der Waals surface area contributed by atoms with E-state index in [4.69, 9.17) is 8.22 Å². The van der Waals surface area contributed by atoms with Gasteiger partial charge in [-0.3, -0.25) is 0 Å². The van der Waals surface area contributed by atoms with Crippen molar-refractivity contribution in [3.05, 3.63) is 46.5 Å². The number of rotatable bonds is 0. The molecule has 15 heavy (non-hydrogen) atoms. The fourth-order valence-electron chi connectivity index (χ4n) is 1.45. The number of hydrogen-bond acceptors (Lipinski definition) is 0. The van der Waals surface area contributed by atoms with Gasteiger partial charge >= 0.3 is 0 Å². The minimum atomic E-state index is -0.908. The van der Waals surface area contributed by atoms with Crippen molar-refractivity contribution < 1.29 is 12.6 Å². The number of hydrogen-bond donors (Lipinski definition) is 1. The maximum absolute atomic E-state index is 13.9. The van der Waals surface area contributed by atoms with Crippen molar-refractivity contribution in [3.63, 3.8) is 0 Å². The molecule has 1 aromatic heterocycles. The van der Waals surface area contributed by atoms with Gasteiger partial charge in [0.05, 0.1) is 12.7 Å². The molecule has 0 aliphatic carbocycles. The molecule has 1 nitrogen and oxygen atoms in total. The Morgan fingerprint density at radius 1 is 1.13 bits per heavy atom. The Morgan fingerprint density at radius 2 is 1.93 bits per heavy atom. The molecule has 3 rings (SSSR count). The summed E-state index contributed by atoms with van der Waals surface area (Å²) in [6.45, 7) is 0. The summed E-state index contributed by atoms with van der Waals surface area (Å²) in [5.74, 6) is -0.908. The van der Waals surface area contributed by atoms with Crippen LogP contribution < -0.4 is 0 Å². The zero-order valence-corrected chi connectivity index (χ0v) is 8.84. The van der Waals surface area contributed by atoms with Crippen LogP contribution in [0.2, 0.25) is 0 Å². The first-order valence-electron chi connectivity index (χ1n) is 7.13. The lowest BCUT2D eigenvalue weighted by atomic mass is 10.1. The normalized spacial score (nSPS) is 16.9. The largest absolute Gasteiger partial charge is 0.354 e. The lowest BCUT2D eigenvalue weighted by Crippen LogP contribution is -1.76. The first kappa shape index (κ1) is 4.66. The van der Waals surface area contributed by atoms with Crippen molar-refractivity contribution in [2.75, 3.05) is 0 Å². The fraction of sp³-hybridized carbons (Fsp3) is 0. The molecule has 0 unspecified atom stereocenters. The maximum Gasteiger partial charge on any atom is 0.139 e. The predicted octanol–water partition coefficient (Wildman–Crippen LogP) is 4.22. The summed E-state index contributed by atoms with van der Waals surface area (Å²) in [5, 5.41) is 0.200. The van der Waals surface area contributed by atoms with Crippen LogP contribution in [-0.4, -0.2) is 4.98 Å². The van der Waals surface area contributed by atoms with E-state index in [0.717, 1.165) is 0 Å². The van der Waals surface area contributed by atoms with E-state index in [1.807, 2.05) is 0 Å². The molecule has 2 aromatic carbocycles. The highest BCUT2D eigenvalue weighted by Crippen LogP contribution is 2.29. The molecule has 0 aliphatic heterocycles. The molecule has 0 saturated heterocycles. The second-order valence-corrected chi connectivity index (χ2v) is 3.80. The molecular weight excluding hydrogens is 257 g/mol. The Hall–Kier alpha value is -1.35. The number of H-pyrrole nitrogens is 1. The van der Waals surface area contributed by atoms with Gasteiger partial charge in [0.2, 0.25) is 0 Å². The number of nitrogens with one attached hydrogen (secondary N) is 1. The summed E-state index contributed by atoms with van der Waals surface area (Å²) in [6, 6.07) is -2.21. The first-order valence-corrected chi connectivity index (χ1v) is 4.92. The number of fused-ring (bicyclic) bond motifs is 3. The fourth-order valence-corrected chi connectivity index (χ4v) is 1.75. The third kappa shape index (κ3) is 1.27. The molecule has 74 valence electrons. The van der Waals surface area contributed by atoms with Gasteiger partial charge in [0.15, 0.2) is 0 Å². The minimum Gasteiger partial charge on any atom is -0.354 e. The molecule has 0 atom stereocenters. The molecule has 0 aliphatic rings. The Balaban J connectivity index is 2.73. The highest BCUT2D eigenvalue weighted by Gasteiger charge is 2.07. The van der Waals surface area contributed by atoms with E-state index in [2.05, 4.69) is 20.9 Å². The minimum absolute atomic E-state index is 0.0114. The Kier molecular flexibility index (Phi) is 0.954. The Bertz CT molecular complexity index is 861. The van der Waals surface area contributed by atoms with Crippen molar-refractivity contribution in [1.29, 1.82) is 0 Å². The number of aromatic amines is 1. The highest BCUT2D eigenvalue weighted by atomic mass is 79.9. The maximum atomic E-state index is 13.9. The monoisotopic (exact) mass is 269 g/mol. The molecule has 1 heterocycles. The standard InChI is InChI=1S/C12H7BrFN/c13-9-5-8-7-3-1-2-4-11(7)15-12(8)6-10(9)14/h1-6,15H/i1D,2D,3D,4D,5D,6D. The second kappa shape index (κ2) is 3.07. The SMILES string of the molecule is [2H]c1c([2H])c([2H])c2c([nH]c3c([2H])c(F)c(Br)c([2H])c32)c1[2H]. The van der Waals surface area contributed by atoms with Crippen LogP contribution in [0.5, 0.6) is 0 Å². The van der Waals surface area contributed by atoms with Gasteiger partial charge in [0, 0.05) is 21.8 Å². The van der Waals surface area contributed by atoms with E-state index in [9.17, 15) is 4.39 Å². The van der Waals surface area contributed by atoms with Crippen LogP contribution in [0.4, 0.5) is 4.39 Å². The molecule has 0 fully saturated rings. The molecular formula is C12H7BrFN. The van der Waals surface area contributed by atoms with Gasteiger partial charge in [-0.05, 0) is 34.1 Å². The van der Waals surface area contributed by atoms with Gasteiger partial charge in [-0.1, -0.05) is 18.1 Å². The summed E-state index contributed by atoms with van der Waals surface area (Å²) < 4.78 is 60.6. The van der Waals surface area contributed by atoms with E-state index in [1.54, 1.807) is 0 Å². The zero-order chi connectivity index (χ0) is 15.6. The lowest BCUT2D eigenvalue weighted by Gasteiger charge is -1.94. The van der Waals surface area contributed by atoms with Crippen LogP contribution in [0.1, 0.15) is 8.22 Å². The summed E-state index contributed by atoms with van der Waals surface area (Å²) in [4.78, 5) is 2.65. The van der Waals surface area contributed by atoms with Gasteiger partial charge in [0.1, 0.15) is 5.82 Å². The van der Waals surface area contributed by atoms with Crippen molar-refractivity contribution in [3.8, 4) is 0 Å². The van der Waals surface area contributed by atoms with Crippen LogP contribution in [0.3, 0.4) is 0 Å². The lowest BCUT2D eigenvalue weighted by molar-refractivity contribution is 0.623. The van der Waals surface area contributed by atoms with Gasteiger partial charge < -0.3 is 4.98 Å². The molecule has 3 heteroatoms.